The zero-order valence-electron chi connectivity index (χ0n) is 17.0. The quantitative estimate of drug-likeness (QED) is 0.584. The van der Waals surface area contributed by atoms with Crippen molar-refractivity contribution in [3.8, 4) is 5.69 Å². The summed E-state index contributed by atoms with van der Waals surface area (Å²) in [6.07, 6.45) is 6.16. The fourth-order valence-electron chi connectivity index (χ4n) is 3.66. The van der Waals surface area contributed by atoms with Gasteiger partial charge in [-0.3, -0.25) is 9.36 Å². The fourth-order valence-corrected chi connectivity index (χ4v) is 4.54. The first-order valence-electron chi connectivity index (χ1n) is 10.1. The molecular formula is C22H27N5OS. The van der Waals surface area contributed by atoms with E-state index in [-0.39, 0.29) is 5.91 Å². The largest absolute Gasteiger partial charge is 0.354 e. The molecule has 0 saturated carbocycles. The summed E-state index contributed by atoms with van der Waals surface area (Å²) in [6.45, 7) is 3.83. The normalized spacial score (nSPS) is 14.3. The molecule has 0 atom stereocenters. The lowest BCUT2D eigenvalue weighted by Crippen LogP contribution is -2.36. The topological polar surface area (TPSA) is 56.0 Å². The molecule has 1 aliphatic heterocycles. The summed E-state index contributed by atoms with van der Waals surface area (Å²) in [4.78, 5) is 14.6. The van der Waals surface area contributed by atoms with Gasteiger partial charge in [-0.1, -0.05) is 29.5 Å². The number of hydrogen-bond donors (Lipinski definition) is 0. The van der Waals surface area contributed by atoms with Gasteiger partial charge in [0.2, 0.25) is 5.91 Å². The summed E-state index contributed by atoms with van der Waals surface area (Å²) >= 11 is 1.48. The minimum absolute atomic E-state index is 0.192. The minimum atomic E-state index is 0.192. The molecule has 152 valence electrons. The average Bonchev–Trinajstić information content (AvgIpc) is 3.34. The summed E-state index contributed by atoms with van der Waals surface area (Å²) in [5.74, 6) is 1.47. The molecule has 0 N–H and O–H groups in total. The van der Waals surface area contributed by atoms with Crippen LogP contribution in [0.2, 0.25) is 0 Å². The van der Waals surface area contributed by atoms with Crippen LogP contribution in [0, 0.1) is 6.92 Å². The average molecular weight is 410 g/mol. The maximum Gasteiger partial charge on any atom is 0.233 e. The third kappa shape index (κ3) is 4.56. The van der Waals surface area contributed by atoms with Crippen molar-refractivity contribution in [1.29, 1.82) is 0 Å². The number of benzene rings is 1. The Kier molecular flexibility index (Phi) is 6.04. The molecule has 6 nitrogen and oxygen atoms in total. The van der Waals surface area contributed by atoms with Crippen LogP contribution in [-0.4, -0.2) is 49.0 Å². The van der Waals surface area contributed by atoms with Crippen LogP contribution < -0.4 is 0 Å². The lowest BCUT2D eigenvalue weighted by atomic mass is 10.1. The van der Waals surface area contributed by atoms with Crippen LogP contribution in [0.15, 0.2) is 47.8 Å². The molecule has 0 spiro atoms. The lowest BCUT2D eigenvalue weighted by molar-refractivity contribution is -0.129. The van der Waals surface area contributed by atoms with E-state index in [1.54, 1.807) is 0 Å². The molecule has 3 heterocycles. The van der Waals surface area contributed by atoms with E-state index in [0.717, 1.165) is 42.6 Å². The summed E-state index contributed by atoms with van der Waals surface area (Å²) in [5.41, 5.74) is 3.41. The van der Waals surface area contributed by atoms with Crippen molar-refractivity contribution in [2.24, 2.45) is 7.05 Å². The Morgan fingerprint density at radius 3 is 2.52 bits per heavy atom. The molecule has 0 bridgehead atoms. The molecule has 7 heteroatoms. The fraction of sp³-hybridized carbons (Fsp3) is 0.409. The van der Waals surface area contributed by atoms with E-state index >= 15 is 0 Å². The number of nitrogens with zero attached hydrogens (tertiary/aromatic N) is 5. The maximum absolute atomic E-state index is 12.6. The molecule has 1 amide bonds. The van der Waals surface area contributed by atoms with Gasteiger partial charge in [-0.25, -0.2) is 0 Å². The van der Waals surface area contributed by atoms with Gasteiger partial charge in [-0.05, 0) is 50.5 Å². The molecule has 3 aromatic rings. The van der Waals surface area contributed by atoms with Crippen molar-refractivity contribution in [3.05, 3.63) is 59.7 Å². The van der Waals surface area contributed by atoms with Gasteiger partial charge in [-0.2, -0.15) is 0 Å². The molecule has 1 saturated heterocycles. The highest BCUT2D eigenvalue weighted by Crippen LogP contribution is 2.24. The predicted octanol–water partition coefficient (Wildman–Crippen LogP) is 3.61. The predicted molar refractivity (Wildman–Crippen MR) is 115 cm³/mol. The Morgan fingerprint density at radius 1 is 1.07 bits per heavy atom. The second kappa shape index (κ2) is 8.86. The smallest absolute Gasteiger partial charge is 0.233 e. The van der Waals surface area contributed by atoms with Gasteiger partial charge < -0.3 is 9.47 Å². The first kappa shape index (κ1) is 19.8. The van der Waals surface area contributed by atoms with Crippen LogP contribution in [0.1, 0.15) is 36.3 Å². The number of rotatable bonds is 6. The standard InChI is InChI=1S/C22H27N5OS/c1-17-8-10-18(11-9-17)27-20(15-19-7-6-12-25(19)2)23-24-22(27)29-16-21(28)26-13-4-3-5-14-26/h6-12H,3-5,13-16H2,1-2H3. The molecule has 0 aliphatic carbocycles. The summed E-state index contributed by atoms with van der Waals surface area (Å²) in [5, 5.41) is 9.68. The van der Waals surface area contributed by atoms with Crippen molar-refractivity contribution in [1.82, 2.24) is 24.2 Å². The third-order valence-corrected chi connectivity index (χ3v) is 6.33. The lowest BCUT2D eigenvalue weighted by Gasteiger charge is -2.26. The maximum atomic E-state index is 12.6. The van der Waals surface area contributed by atoms with Gasteiger partial charge in [0.1, 0.15) is 5.82 Å². The highest BCUT2D eigenvalue weighted by Gasteiger charge is 2.20. The third-order valence-electron chi connectivity index (χ3n) is 5.42. The number of thioether (sulfide) groups is 1. The number of piperidine rings is 1. The van der Waals surface area contributed by atoms with Gasteiger partial charge in [0.05, 0.1) is 5.75 Å². The van der Waals surface area contributed by atoms with Crippen LogP contribution in [0.4, 0.5) is 0 Å². The Bertz CT molecular complexity index is 970. The van der Waals surface area contributed by atoms with Crippen molar-refractivity contribution >= 4 is 17.7 Å². The highest BCUT2D eigenvalue weighted by molar-refractivity contribution is 7.99. The van der Waals surface area contributed by atoms with E-state index in [1.165, 1.54) is 29.4 Å². The minimum Gasteiger partial charge on any atom is -0.354 e. The van der Waals surface area contributed by atoms with E-state index in [1.807, 2.05) is 24.2 Å². The Balaban J connectivity index is 1.58. The molecule has 1 fully saturated rings. The van der Waals surface area contributed by atoms with Crippen LogP contribution in [0.25, 0.3) is 5.69 Å². The zero-order valence-corrected chi connectivity index (χ0v) is 17.9. The first-order chi connectivity index (χ1) is 14.1. The van der Waals surface area contributed by atoms with Gasteiger partial charge in [0.15, 0.2) is 5.16 Å². The van der Waals surface area contributed by atoms with Crippen LogP contribution in [-0.2, 0) is 18.3 Å². The number of amides is 1. The highest BCUT2D eigenvalue weighted by atomic mass is 32.2. The molecule has 0 unspecified atom stereocenters. The number of carbonyl (C=O) groups excluding carboxylic acids is 1. The number of aromatic nitrogens is 4. The monoisotopic (exact) mass is 409 g/mol. The zero-order chi connectivity index (χ0) is 20.2. The summed E-state index contributed by atoms with van der Waals surface area (Å²) < 4.78 is 4.18. The number of hydrogen-bond acceptors (Lipinski definition) is 4. The van der Waals surface area contributed by atoms with Crippen molar-refractivity contribution in [3.63, 3.8) is 0 Å². The van der Waals surface area contributed by atoms with E-state index < -0.39 is 0 Å². The van der Waals surface area contributed by atoms with E-state index in [2.05, 4.69) is 56.6 Å². The first-order valence-corrected chi connectivity index (χ1v) is 11.1. The van der Waals surface area contributed by atoms with Gasteiger partial charge in [-0.15, -0.1) is 10.2 Å². The summed E-state index contributed by atoms with van der Waals surface area (Å²) in [6, 6.07) is 12.5. The van der Waals surface area contributed by atoms with Crippen molar-refractivity contribution < 1.29 is 4.79 Å². The van der Waals surface area contributed by atoms with Crippen LogP contribution >= 0.6 is 11.8 Å². The molecule has 2 aromatic heterocycles. The molecule has 0 radical (unpaired) electrons. The molecule has 1 aliphatic rings. The van der Waals surface area contributed by atoms with Crippen LogP contribution in [0.3, 0.4) is 0 Å². The van der Waals surface area contributed by atoms with Gasteiger partial charge >= 0.3 is 0 Å². The molecule has 29 heavy (non-hydrogen) atoms. The second-order valence-electron chi connectivity index (χ2n) is 7.59. The van der Waals surface area contributed by atoms with Crippen molar-refractivity contribution in [2.75, 3.05) is 18.8 Å². The molecular weight excluding hydrogens is 382 g/mol. The second-order valence-corrected chi connectivity index (χ2v) is 8.53. The van der Waals surface area contributed by atoms with Crippen molar-refractivity contribution in [2.45, 2.75) is 37.8 Å². The van der Waals surface area contributed by atoms with E-state index in [4.69, 9.17) is 0 Å². The molecule has 4 rings (SSSR count). The Hall–Kier alpha value is -2.54. The van der Waals surface area contributed by atoms with Crippen LogP contribution in [0.5, 0.6) is 0 Å². The summed E-state index contributed by atoms with van der Waals surface area (Å²) in [7, 11) is 2.04. The Labute approximate surface area is 175 Å². The van der Waals surface area contributed by atoms with E-state index in [9.17, 15) is 4.79 Å². The number of carbonyl (C=O) groups is 1. The number of likely N-dealkylation sites (tertiary alicyclic amines) is 1. The SMILES string of the molecule is Cc1ccc(-n2c(Cc3cccn3C)nnc2SCC(=O)N2CCCCC2)cc1. The number of aryl methyl sites for hydroxylation is 2. The van der Waals surface area contributed by atoms with Gasteiger partial charge in [0, 0.05) is 44.1 Å². The Morgan fingerprint density at radius 2 is 1.83 bits per heavy atom. The molecule has 1 aromatic carbocycles. The van der Waals surface area contributed by atoms with E-state index in [0.29, 0.717) is 12.2 Å². The van der Waals surface area contributed by atoms with Gasteiger partial charge in [0.25, 0.3) is 0 Å².